The third-order valence-electron chi connectivity index (χ3n) is 4.54. The molecule has 1 amide bonds. The Hall–Kier alpha value is -2.21. The van der Waals surface area contributed by atoms with Gasteiger partial charge >= 0.3 is 0 Å². The number of carbonyl (C=O) groups excluding carboxylic acids is 1. The fraction of sp³-hybridized carbons (Fsp3) is 0.438. The summed E-state index contributed by atoms with van der Waals surface area (Å²) in [7, 11) is 0. The van der Waals surface area contributed by atoms with Gasteiger partial charge in [0.2, 0.25) is 0 Å². The van der Waals surface area contributed by atoms with E-state index in [0.717, 1.165) is 44.6 Å². The van der Waals surface area contributed by atoms with Gasteiger partial charge in [0.05, 0.1) is 12.2 Å². The minimum atomic E-state index is -0.0508. The van der Waals surface area contributed by atoms with E-state index in [2.05, 4.69) is 21.7 Å². The second-order valence-corrected chi connectivity index (χ2v) is 5.90. The normalized spacial score (nSPS) is 18.5. The van der Waals surface area contributed by atoms with E-state index in [4.69, 9.17) is 0 Å². The predicted molar refractivity (Wildman–Crippen MR) is 83.0 cm³/mol. The number of aromatic nitrogens is 3. The smallest absolute Gasteiger partial charge is 0.280 e. The van der Waals surface area contributed by atoms with Crippen molar-refractivity contribution in [2.45, 2.75) is 25.3 Å². The van der Waals surface area contributed by atoms with Gasteiger partial charge in [-0.1, -0.05) is 23.4 Å². The van der Waals surface area contributed by atoms with Gasteiger partial charge in [0.1, 0.15) is 0 Å². The number of nitrogens with one attached hydrogen (secondary N) is 1. The van der Waals surface area contributed by atoms with E-state index < -0.39 is 0 Å². The lowest BCUT2D eigenvalue weighted by Crippen LogP contribution is -2.30. The van der Waals surface area contributed by atoms with E-state index in [0.29, 0.717) is 11.7 Å². The van der Waals surface area contributed by atoms with Crippen LogP contribution in [-0.2, 0) is 6.42 Å². The first-order valence-electron chi connectivity index (χ1n) is 7.85. The Morgan fingerprint density at radius 2 is 2.05 bits per heavy atom. The fourth-order valence-corrected chi connectivity index (χ4v) is 3.31. The summed E-state index contributed by atoms with van der Waals surface area (Å²) >= 11 is 0. The summed E-state index contributed by atoms with van der Waals surface area (Å²) < 4.78 is 1.86. The summed E-state index contributed by atoms with van der Waals surface area (Å²) in [4.78, 5) is 14.5. The van der Waals surface area contributed by atoms with Crippen LogP contribution in [0.25, 0.3) is 0 Å². The average molecular weight is 297 g/mol. The number of fused-ring (bicyclic) bond motifs is 1. The molecule has 0 unspecified atom stereocenters. The molecule has 2 aliphatic rings. The minimum absolute atomic E-state index is 0.0508. The van der Waals surface area contributed by atoms with Crippen LogP contribution in [0, 0.1) is 0 Å². The van der Waals surface area contributed by atoms with E-state index in [1.807, 2.05) is 27.8 Å². The molecule has 0 spiro atoms. The molecule has 6 heteroatoms. The number of para-hydroxylation sites is 1. The second-order valence-electron chi connectivity index (χ2n) is 5.90. The highest BCUT2D eigenvalue weighted by molar-refractivity contribution is 6.05. The average Bonchev–Trinajstić information content (AvgIpc) is 3.22. The number of anilines is 1. The largest absolute Gasteiger partial charge is 0.317 e. The molecule has 4 rings (SSSR count). The topological polar surface area (TPSA) is 63.1 Å². The van der Waals surface area contributed by atoms with Crippen LogP contribution in [-0.4, -0.2) is 40.5 Å². The maximum atomic E-state index is 12.7. The van der Waals surface area contributed by atoms with Gasteiger partial charge in [0, 0.05) is 12.2 Å². The lowest BCUT2D eigenvalue weighted by Gasteiger charge is -2.22. The van der Waals surface area contributed by atoms with Gasteiger partial charge in [0.15, 0.2) is 5.69 Å². The first-order valence-corrected chi connectivity index (χ1v) is 7.85. The molecule has 1 N–H and O–H groups in total. The highest BCUT2D eigenvalue weighted by atomic mass is 16.2. The van der Waals surface area contributed by atoms with Crippen molar-refractivity contribution in [1.29, 1.82) is 0 Å². The standard InChI is InChI=1S/C16H19N5O/c22-16(20-10-7-12-3-1-2-4-15(12)20)14-11-21(19-18-14)13-5-8-17-9-6-13/h1-4,11,13,17H,5-10H2. The van der Waals surface area contributed by atoms with E-state index >= 15 is 0 Å². The van der Waals surface area contributed by atoms with Crippen LogP contribution in [0.5, 0.6) is 0 Å². The third kappa shape index (κ3) is 2.29. The molecular weight excluding hydrogens is 278 g/mol. The Labute approximate surface area is 129 Å². The Morgan fingerprint density at radius 3 is 2.91 bits per heavy atom. The number of benzene rings is 1. The van der Waals surface area contributed by atoms with Gasteiger partial charge in [-0.2, -0.15) is 0 Å². The van der Waals surface area contributed by atoms with Crippen LogP contribution in [0.1, 0.15) is 34.9 Å². The highest BCUT2D eigenvalue weighted by Gasteiger charge is 2.27. The van der Waals surface area contributed by atoms with Crippen LogP contribution in [0.15, 0.2) is 30.5 Å². The molecule has 0 saturated carbocycles. The zero-order valence-electron chi connectivity index (χ0n) is 12.4. The van der Waals surface area contributed by atoms with Crippen LogP contribution < -0.4 is 10.2 Å². The van der Waals surface area contributed by atoms with Crippen molar-refractivity contribution in [3.63, 3.8) is 0 Å². The van der Waals surface area contributed by atoms with E-state index in [-0.39, 0.29) is 5.91 Å². The zero-order valence-corrected chi connectivity index (χ0v) is 12.4. The molecule has 0 radical (unpaired) electrons. The Kier molecular flexibility index (Phi) is 3.38. The predicted octanol–water partition coefficient (Wildman–Crippen LogP) is 1.41. The van der Waals surface area contributed by atoms with Crippen LogP contribution >= 0.6 is 0 Å². The maximum absolute atomic E-state index is 12.7. The Balaban J connectivity index is 1.55. The molecule has 0 aliphatic carbocycles. The summed E-state index contributed by atoms with van der Waals surface area (Å²) in [5.41, 5.74) is 2.67. The number of nitrogens with zero attached hydrogens (tertiary/aromatic N) is 4. The monoisotopic (exact) mass is 297 g/mol. The molecular formula is C16H19N5O. The van der Waals surface area contributed by atoms with Crippen molar-refractivity contribution in [2.75, 3.05) is 24.5 Å². The second kappa shape index (κ2) is 5.53. The van der Waals surface area contributed by atoms with E-state index in [1.54, 1.807) is 6.20 Å². The first kappa shape index (κ1) is 13.5. The third-order valence-corrected chi connectivity index (χ3v) is 4.54. The maximum Gasteiger partial charge on any atom is 0.280 e. The molecule has 0 bridgehead atoms. The number of rotatable bonds is 2. The molecule has 0 atom stereocenters. The van der Waals surface area contributed by atoms with Gasteiger partial charge in [-0.25, -0.2) is 4.68 Å². The minimum Gasteiger partial charge on any atom is -0.317 e. The fourth-order valence-electron chi connectivity index (χ4n) is 3.31. The van der Waals surface area contributed by atoms with Gasteiger partial charge in [-0.05, 0) is 44.0 Å². The van der Waals surface area contributed by atoms with Gasteiger partial charge in [-0.15, -0.1) is 5.10 Å². The van der Waals surface area contributed by atoms with Crippen molar-refractivity contribution >= 4 is 11.6 Å². The molecule has 2 aliphatic heterocycles. The van der Waals surface area contributed by atoms with Crippen molar-refractivity contribution in [1.82, 2.24) is 20.3 Å². The van der Waals surface area contributed by atoms with Crippen LogP contribution in [0.4, 0.5) is 5.69 Å². The van der Waals surface area contributed by atoms with Crippen molar-refractivity contribution in [2.24, 2.45) is 0 Å². The van der Waals surface area contributed by atoms with Gasteiger partial charge in [0.25, 0.3) is 5.91 Å². The number of piperidine rings is 1. The molecule has 1 saturated heterocycles. The quantitative estimate of drug-likeness (QED) is 0.910. The van der Waals surface area contributed by atoms with Gasteiger partial charge in [-0.3, -0.25) is 4.79 Å². The molecule has 1 fully saturated rings. The lowest BCUT2D eigenvalue weighted by molar-refractivity contribution is 0.0984. The van der Waals surface area contributed by atoms with Crippen molar-refractivity contribution in [3.05, 3.63) is 41.7 Å². The summed E-state index contributed by atoms with van der Waals surface area (Å²) in [5.74, 6) is -0.0508. The number of hydrogen-bond acceptors (Lipinski definition) is 4. The van der Waals surface area contributed by atoms with Crippen LogP contribution in [0.2, 0.25) is 0 Å². The zero-order chi connectivity index (χ0) is 14.9. The van der Waals surface area contributed by atoms with Crippen molar-refractivity contribution < 1.29 is 4.79 Å². The van der Waals surface area contributed by atoms with Crippen LogP contribution in [0.3, 0.4) is 0 Å². The lowest BCUT2D eigenvalue weighted by atomic mass is 10.1. The molecule has 22 heavy (non-hydrogen) atoms. The SMILES string of the molecule is O=C(c1cn(C2CCNCC2)nn1)N1CCc2ccccc21. The molecule has 114 valence electrons. The first-order chi connectivity index (χ1) is 10.8. The van der Waals surface area contributed by atoms with E-state index in [1.165, 1.54) is 5.56 Å². The molecule has 3 heterocycles. The summed E-state index contributed by atoms with van der Waals surface area (Å²) in [6, 6.07) is 8.41. The molecule has 6 nitrogen and oxygen atoms in total. The Bertz CT molecular complexity index is 689. The molecule has 2 aromatic rings. The molecule has 1 aromatic heterocycles. The van der Waals surface area contributed by atoms with Crippen molar-refractivity contribution in [3.8, 4) is 0 Å². The highest BCUT2D eigenvalue weighted by Crippen LogP contribution is 2.28. The number of hydrogen-bond donors (Lipinski definition) is 1. The number of amides is 1. The van der Waals surface area contributed by atoms with Gasteiger partial charge < -0.3 is 10.2 Å². The molecule has 1 aromatic carbocycles. The number of carbonyl (C=O) groups is 1. The Morgan fingerprint density at radius 1 is 1.23 bits per heavy atom. The van der Waals surface area contributed by atoms with E-state index in [9.17, 15) is 4.79 Å². The summed E-state index contributed by atoms with van der Waals surface area (Å²) in [5, 5.41) is 11.6. The summed E-state index contributed by atoms with van der Waals surface area (Å²) in [6.07, 6.45) is 4.77. The summed E-state index contributed by atoms with van der Waals surface area (Å²) in [6.45, 7) is 2.71.